The van der Waals surface area contributed by atoms with E-state index >= 15 is 0 Å². The summed E-state index contributed by atoms with van der Waals surface area (Å²) in [6.45, 7) is 4.51. The third kappa shape index (κ3) is 6.00. The fourth-order valence-electron chi connectivity index (χ4n) is 2.91. The minimum Gasteiger partial charge on any atom is -0.444 e. The molecule has 0 saturated heterocycles. The summed E-state index contributed by atoms with van der Waals surface area (Å²) in [6, 6.07) is 3.41. The fourth-order valence-corrected chi connectivity index (χ4v) is 4.32. The van der Waals surface area contributed by atoms with E-state index in [1.54, 1.807) is 20.8 Å². The molecule has 0 bridgehead atoms. The first kappa shape index (κ1) is 26.7. The highest BCUT2D eigenvalue weighted by molar-refractivity contribution is 7.90. The highest BCUT2D eigenvalue weighted by atomic mass is 32.2. The van der Waals surface area contributed by atoms with Gasteiger partial charge in [0.25, 0.3) is 15.9 Å². The number of benzene rings is 2. The van der Waals surface area contributed by atoms with E-state index in [1.165, 1.54) is 0 Å². The molecule has 2 N–H and O–H groups in total. The van der Waals surface area contributed by atoms with Crippen molar-refractivity contribution in [3.8, 4) is 0 Å². The molecule has 0 aliphatic carbocycles. The topological polar surface area (TPSA) is 119 Å². The zero-order chi connectivity index (χ0) is 26.8. The van der Waals surface area contributed by atoms with Gasteiger partial charge < -0.3 is 15.4 Å². The Kier molecular flexibility index (Phi) is 7.38. The van der Waals surface area contributed by atoms with Crippen LogP contribution in [0.2, 0.25) is 0 Å². The second-order valence-electron chi connectivity index (χ2n) is 8.35. The summed E-state index contributed by atoms with van der Waals surface area (Å²) in [7, 11) is -4.65. The monoisotopic (exact) mass is 532 g/mol. The molecule has 0 saturated carbocycles. The summed E-state index contributed by atoms with van der Waals surface area (Å²) in [4.78, 5) is 27.3. The van der Waals surface area contributed by atoms with E-state index < -0.39 is 61.5 Å². The van der Waals surface area contributed by atoms with Crippen LogP contribution in [0.15, 0.2) is 47.6 Å². The lowest BCUT2D eigenvalue weighted by Crippen LogP contribution is -2.33. The maximum atomic E-state index is 14.6. The molecule has 1 aromatic heterocycles. The predicted octanol–water partition coefficient (Wildman–Crippen LogP) is 4.45. The summed E-state index contributed by atoms with van der Waals surface area (Å²) in [5.74, 6) is -7.28. The number of ether oxygens (including phenoxy) is 1. The van der Waals surface area contributed by atoms with Gasteiger partial charge in [0.2, 0.25) is 0 Å². The van der Waals surface area contributed by atoms with E-state index in [0.717, 1.165) is 18.5 Å². The summed E-state index contributed by atoms with van der Waals surface area (Å²) in [5, 5.41) is 4.41. The third-order valence-corrected chi connectivity index (χ3v) is 6.16. The molecule has 14 heteroatoms. The van der Waals surface area contributed by atoms with Crippen molar-refractivity contribution in [2.75, 3.05) is 5.32 Å². The lowest BCUT2D eigenvalue weighted by atomic mass is 10.2. The van der Waals surface area contributed by atoms with Crippen molar-refractivity contribution in [3.63, 3.8) is 0 Å². The van der Waals surface area contributed by atoms with Crippen LogP contribution < -0.4 is 10.6 Å². The van der Waals surface area contributed by atoms with Gasteiger partial charge in [-0.05, 0) is 39.0 Å². The average molecular weight is 533 g/mol. The number of imidazole rings is 1. The minimum absolute atomic E-state index is 0. The Bertz CT molecular complexity index is 1420. The van der Waals surface area contributed by atoms with Gasteiger partial charge >= 0.3 is 6.09 Å². The normalized spacial score (nSPS) is 11.8. The Morgan fingerprint density at radius 1 is 1.06 bits per heavy atom. The number of amides is 2. The smallest absolute Gasteiger partial charge is 0.408 e. The SMILES string of the molecule is CC(C)(C)OC(=O)NCc1nccn1S(=O)(=O)c1cc(C(=O)Nc2cc(F)c(F)c(F)c2)ccc1F.[HH].[HH]. The molecule has 196 valence electrons. The van der Waals surface area contributed by atoms with Crippen LogP contribution in [-0.2, 0) is 21.3 Å². The minimum atomic E-state index is -4.65. The van der Waals surface area contributed by atoms with E-state index in [4.69, 9.17) is 4.74 Å². The van der Waals surface area contributed by atoms with Crippen LogP contribution in [0.1, 0.15) is 39.8 Å². The van der Waals surface area contributed by atoms with Crippen LogP contribution in [0.3, 0.4) is 0 Å². The van der Waals surface area contributed by atoms with Crippen molar-refractivity contribution in [1.29, 1.82) is 0 Å². The Morgan fingerprint density at radius 3 is 2.31 bits per heavy atom. The number of hydrogen-bond acceptors (Lipinski definition) is 6. The van der Waals surface area contributed by atoms with Crippen molar-refractivity contribution >= 4 is 27.7 Å². The molecule has 0 aliphatic rings. The molecule has 0 fully saturated rings. The number of nitrogens with one attached hydrogen (secondary N) is 2. The highest BCUT2D eigenvalue weighted by Crippen LogP contribution is 2.23. The van der Waals surface area contributed by atoms with E-state index in [9.17, 15) is 35.6 Å². The Hall–Kier alpha value is -3.94. The average Bonchev–Trinajstić information content (AvgIpc) is 3.24. The molecular formula is C22H24F4N4O5S. The molecule has 0 radical (unpaired) electrons. The second-order valence-corrected chi connectivity index (χ2v) is 10.1. The standard InChI is InChI=1S/C22H20F4N4O5S.2H2/c1-22(2,3)35-21(32)28-11-18-27-6-7-30(18)36(33,34)17-8-12(4-5-14(17)23)20(31)29-13-9-15(24)19(26)16(25)10-13;;/h4-10H,11H2,1-3H3,(H,28,32)(H,29,31);2*1H. The molecule has 0 unspecified atom stereocenters. The number of halogens is 4. The van der Waals surface area contributed by atoms with E-state index in [-0.39, 0.29) is 20.8 Å². The van der Waals surface area contributed by atoms with Gasteiger partial charge in [-0.3, -0.25) is 4.79 Å². The van der Waals surface area contributed by atoms with Crippen molar-refractivity contribution < 1.29 is 43.2 Å². The van der Waals surface area contributed by atoms with Gasteiger partial charge in [0.05, 0.1) is 6.54 Å². The number of alkyl carbamates (subject to hydrolysis) is 1. The van der Waals surface area contributed by atoms with Crippen molar-refractivity contribution in [1.82, 2.24) is 14.3 Å². The number of rotatable bonds is 6. The van der Waals surface area contributed by atoms with Crippen molar-refractivity contribution in [2.45, 2.75) is 37.8 Å². The Balaban J connectivity index is 0.00000361. The number of carbonyl (C=O) groups excluding carboxylic acids is 2. The number of hydrogen-bond donors (Lipinski definition) is 2. The number of carbonyl (C=O) groups is 2. The molecular weight excluding hydrogens is 508 g/mol. The molecule has 3 rings (SSSR count). The van der Waals surface area contributed by atoms with Gasteiger partial charge in [-0.1, -0.05) is 0 Å². The van der Waals surface area contributed by atoms with Crippen molar-refractivity contribution in [3.05, 3.63) is 77.4 Å². The van der Waals surface area contributed by atoms with Crippen LogP contribution in [0.4, 0.5) is 28.0 Å². The summed E-state index contributed by atoms with van der Waals surface area (Å²) in [5.41, 5.74) is -1.63. The number of nitrogens with zero attached hydrogens (tertiary/aromatic N) is 2. The van der Waals surface area contributed by atoms with Gasteiger partial charge in [-0.15, -0.1) is 0 Å². The van der Waals surface area contributed by atoms with Crippen LogP contribution in [0.5, 0.6) is 0 Å². The first-order chi connectivity index (χ1) is 16.7. The second kappa shape index (κ2) is 9.97. The number of aromatic nitrogens is 2. The summed E-state index contributed by atoms with van der Waals surface area (Å²) >= 11 is 0. The maximum absolute atomic E-state index is 14.6. The Labute approximate surface area is 206 Å². The van der Waals surface area contributed by atoms with Crippen molar-refractivity contribution in [2.24, 2.45) is 0 Å². The molecule has 0 aliphatic heterocycles. The molecule has 1 heterocycles. The lowest BCUT2D eigenvalue weighted by molar-refractivity contribution is 0.0521. The van der Waals surface area contributed by atoms with E-state index in [2.05, 4.69) is 15.6 Å². The van der Waals surface area contributed by atoms with Crippen LogP contribution in [0, 0.1) is 23.3 Å². The third-order valence-electron chi connectivity index (χ3n) is 4.44. The zero-order valence-corrected chi connectivity index (χ0v) is 19.9. The maximum Gasteiger partial charge on any atom is 0.408 e. The molecule has 2 aromatic carbocycles. The fraction of sp³-hybridized carbons (Fsp3) is 0.227. The van der Waals surface area contributed by atoms with Crippen LogP contribution in [0.25, 0.3) is 0 Å². The van der Waals surface area contributed by atoms with Gasteiger partial charge in [0, 0.05) is 38.6 Å². The summed E-state index contributed by atoms with van der Waals surface area (Å²) in [6.07, 6.45) is 1.28. The zero-order valence-electron chi connectivity index (χ0n) is 19.1. The largest absolute Gasteiger partial charge is 0.444 e. The van der Waals surface area contributed by atoms with Gasteiger partial charge in [-0.2, -0.15) is 0 Å². The predicted molar refractivity (Wildman–Crippen MR) is 123 cm³/mol. The molecule has 36 heavy (non-hydrogen) atoms. The first-order valence-electron chi connectivity index (χ1n) is 10.2. The van der Waals surface area contributed by atoms with Crippen LogP contribution in [-0.4, -0.2) is 35.0 Å². The van der Waals surface area contributed by atoms with Crippen LogP contribution >= 0.6 is 0 Å². The van der Waals surface area contributed by atoms with Gasteiger partial charge in [0.15, 0.2) is 17.5 Å². The molecule has 9 nitrogen and oxygen atoms in total. The molecule has 0 atom stereocenters. The van der Waals surface area contributed by atoms with E-state index in [1.807, 2.05) is 0 Å². The first-order valence-corrected chi connectivity index (χ1v) is 11.6. The quantitative estimate of drug-likeness (QED) is 0.358. The molecule has 0 spiro atoms. The number of anilines is 1. The molecule has 3 aromatic rings. The van der Waals surface area contributed by atoms with E-state index in [0.29, 0.717) is 28.2 Å². The highest BCUT2D eigenvalue weighted by Gasteiger charge is 2.26. The van der Waals surface area contributed by atoms with Gasteiger partial charge in [0.1, 0.15) is 22.1 Å². The Morgan fingerprint density at radius 2 is 1.69 bits per heavy atom. The molecule has 2 amide bonds. The lowest BCUT2D eigenvalue weighted by Gasteiger charge is -2.19. The summed E-state index contributed by atoms with van der Waals surface area (Å²) < 4.78 is 86.5. The van der Waals surface area contributed by atoms with Gasteiger partial charge in [-0.25, -0.2) is 39.7 Å².